The normalized spacial score (nSPS) is 13.6. The van der Waals surface area contributed by atoms with Crippen molar-refractivity contribution in [3.63, 3.8) is 0 Å². The number of nitrogens with one attached hydrogen (secondary N) is 1. The minimum Gasteiger partial charge on any atom is -0.399 e. The summed E-state index contributed by atoms with van der Waals surface area (Å²) in [7, 11) is -3.62. The lowest BCUT2D eigenvalue weighted by Gasteiger charge is -2.23. The number of nitrogen functional groups attached to an aromatic ring is 1. The molecular weight excluding hydrogens is 288 g/mol. The molecule has 1 atom stereocenters. The van der Waals surface area contributed by atoms with Crippen LogP contribution in [-0.4, -0.2) is 27.7 Å². The number of sulfonamides is 1. The number of anilines is 1. The van der Waals surface area contributed by atoms with Gasteiger partial charge in [-0.3, -0.25) is 0 Å². The molecule has 1 aromatic carbocycles. The van der Waals surface area contributed by atoms with E-state index in [9.17, 15) is 8.42 Å². The van der Waals surface area contributed by atoms with Crippen LogP contribution in [0.3, 0.4) is 0 Å². The number of nitrogens with two attached hydrogens (primary N) is 1. The van der Waals surface area contributed by atoms with Crippen LogP contribution in [0, 0.1) is 19.8 Å². The topological polar surface area (TPSA) is 81.4 Å². The van der Waals surface area contributed by atoms with Crippen LogP contribution in [0.4, 0.5) is 5.69 Å². The second-order valence-corrected chi connectivity index (χ2v) is 7.27. The molecule has 0 fully saturated rings. The molecule has 6 heteroatoms. The predicted molar refractivity (Wildman–Crippen MR) is 85.8 cm³/mol. The van der Waals surface area contributed by atoms with Crippen molar-refractivity contribution in [1.82, 2.24) is 4.72 Å². The van der Waals surface area contributed by atoms with E-state index in [1.807, 2.05) is 27.7 Å². The predicted octanol–water partition coefficient (Wildman–Crippen LogP) is 2.23. The highest BCUT2D eigenvalue weighted by Gasteiger charge is 2.24. The molecule has 0 aromatic heterocycles. The van der Waals surface area contributed by atoms with Crippen molar-refractivity contribution in [3.8, 4) is 0 Å². The number of hydrogen-bond donors (Lipinski definition) is 2. The molecule has 1 unspecified atom stereocenters. The molecule has 21 heavy (non-hydrogen) atoms. The van der Waals surface area contributed by atoms with Crippen molar-refractivity contribution in [1.29, 1.82) is 0 Å². The van der Waals surface area contributed by atoms with Crippen LogP contribution < -0.4 is 10.5 Å². The van der Waals surface area contributed by atoms with E-state index in [4.69, 9.17) is 10.5 Å². The summed E-state index contributed by atoms with van der Waals surface area (Å²) in [5.74, 6) is 0.133. The van der Waals surface area contributed by atoms with E-state index in [0.29, 0.717) is 18.9 Å². The minimum atomic E-state index is -3.62. The zero-order valence-corrected chi connectivity index (χ0v) is 14.3. The molecule has 0 amide bonds. The Morgan fingerprint density at radius 2 is 1.90 bits per heavy atom. The molecule has 0 aliphatic rings. The summed E-state index contributed by atoms with van der Waals surface area (Å²) in [6.45, 7) is 10.4. The van der Waals surface area contributed by atoms with Crippen LogP contribution >= 0.6 is 0 Å². The monoisotopic (exact) mass is 314 g/mol. The Morgan fingerprint density at radius 3 is 2.43 bits per heavy atom. The smallest absolute Gasteiger partial charge is 0.241 e. The highest BCUT2D eigenvalue weighted by Crippen LogP contribution is 2.23. The lowest BCUT2D eigenvalue weighted by molar-refractivity contribution is 0.116. The molecule has 3 N–H and O–H groups in total. The van der Waals surface area contributed by atoms with Crippen LogP contribution in [0.1, 0.15) is 31.9 Å². The fourth-order valence-electron chi connectivity index (χ4n) is 2.00. The molecule has 0 spiro atoms. The van der Waals surface area contributed by atoms with Gasteiger partial charge in [-0.15, -0.1) is 0 Å². The second-order valence-electron chi connectivity index (χ2n) is 5.59. The maximum absolute atomic E-state index is 12.6. The molecule has 5 nitrogen and oxygen atoms in total. The molecule has 120 valence electrons. The SMILES string of the molecule is CCOCC(NS(=O)(=O)c1cc(N)cc(C)c1C)C(C)C. The first kappa shape index (κ1) is 17.9. The van der Waals surface area contributed by atoms with Crippen LogP contribution in [0.2, 0.25) is 0 Å². The molecule has 1 rings (SSSR count). The summed E-state index contributed by atoms with van der Waals surface area (Å²) in [6, 6.07) is 3.01. The number of hydrogen-bond acceptors (Lipinski definition) is 4. The van der Waals surface area contributed by atoms with Gasteiger partial charge in [0.25, 0.3) is 0 Å². The second kappa shape index (κ2) is 7.24. The minimum absolute atomic E-state index is 0.133. The fraction of sp³-hybridized carbons (Fsp3) is 0.600. The van der Waals surface area contributed by atoms with Gasteiger partial charge in [-0.1, -0.05) is 13.8 Å². The van der Waals surface area contributed by atoms with Gasteiger partial charge in [0.1, 0.15) is 0 Å². The third-order valence-electron chi connectivity index (χ3n) is 3.54. The third-order valence-corrected chi connectivity index (χ3v) is 5.16. The van der Waals surface area contributed by atoms with Gasteiger partial charge >= 0.3 is 0 Å². The number of rotatable bonds is 7. The van der Waals surface area contributed by atoms with Gasteiger partial charge in [0, 0.05) is 18.3 Å². The Morgan fingerprint density at radius 1 is 1.29 bits per heavy atom. The Balaban J connectivity index is 3.10. The van der Waals surface area contributed by atoms with Crippen molar-refractivity contribution < 1.29 is 13.2 Å². The average molecular weight is 314 g/mol. The molecule has 1 aromatic rings. The van der Waals surface area contributed by atoms with E-state index in [2.05, 4.69) is 4.72 Å². The van der Waals surface area contributed by atoms with Gasteiger partial charge in [-0.2, -0.15) is 0 Å². The van der Waals surface area contributed by atoms with Crippen molar-refractivity contribution in [2.24, 2.45) is 5.92 Å². The Hall–Kier alpha value is -1.11. The van der Waals surface area contributed by atoms with Gasteiger partial charge < -0.3 is 10.5 Å². The number of benzene rings is 1. The molecule has 0 aliphatic carbocycles. The zero-order chi connectivity index (χ0) is 16.2. The highest BCUT2D eigenvalue weighted by atomic mass is 32.2. The third kappa shape index (κ3) is 4.69. The van der Waals surface area contributed by atoms with Crippen LogP contribution in [0.25, 0.3) is 0 Å². The van der Waals surface area contributed by atoms with Gasteiger partial charge in [0.05, 0.1) is 11.5 Å². The van der Waals surface area contributed by atoms with Gasteiger partial charge in [0.2, 0.25) is 10.0 Å². The number of aryl methyl sites for hydroxylation is 1. The first-order valence-corrected chi connectivity index (χ1v) is 8.64. The lowest BCUT2D eigenvalue weighted by Crippen LogP contribution is -2.42. The van der Waals surface area contributed by atoms with E-state index < -0.39 is 10.0 Å². The van der Waals surface area contributed by atoms with Crippen molar-refractivity contribution in [2.45, 2.75) is 45.6 Å². The number of ether oxygens (including phenoxy) is 1. The maximum atomic E-state index is 12.6. The van der Waals surface area contributed by atoms with Crippen LogP contribution in [-0.2, 0) is 14.8 Å². The molecule has 0 heterocycles. The van der Waals surface area contributed by atoms with Gasteiger partial charge in [-0.25, -0.2) is 13.1 Å². The van der Waals surface area contributed by atoms with Gasteiger partial charge in [-0.05, 0) is 49.9 Å². The lowest BCUT2D eigenvalue weighted by atomic mass is 10.1. The Bertz CT molecular complexity index is 583. The summed E-state index contributed by atoms with van der Waals surface area (Å²) in [5, 5.41) is 0. The zero-order valence-electron chi connectivity index (χ0n) is 13.4. The maximum Gasteiger partial charge on any atom is 0.241 e. The van der Waals surface area contributed by atoms with Gasteiger partial charge in [0.15, 0.2) is 0 Å². The van der Waals surface area contributed by atoms with Crippen LogP contribution in [0.5, 0.6) is 0 Å². The van der Waals surface area contributed by atoms with E-state index in [-0.39, 0.29) is 16.9 Å². The summed E-state index contributed by atoms with van der Waals surface area (Å²) in [6.07, 6.45) is 0. The largest absolute Gasteiger partial charge is 0.399 e. The van der Waals surface area contributed by atoms with Crippen molar-refractivity contribution >= 4 is 15.7 Å². The summed E-state index contributed by atoms with van der Waals surface area (Å²) < 4.78 is 33.3. The van der Waals surface area contributed by atoms with Crippen LogP contribution in [0.15, 0.2) is 17.0 Å². The average Bonchev–Trinajstić information content (AvgIpc) is 2.38. The first-order chi connectivity index (χ1) is 9.69. The quantitative estimate of drug-likeness (QED) is 0.756. The standard InChI is InChI=1S/C15H26N2O3S/c1-6-20-9-14(10(2)3)17-21(18,19)15-8-13(16)7-11(4)12(15)5/h7-8,10,14,17H,6,9,16H2,1-5H3. The summed E-state index contributed by atoms with van der Waals surface area (Å²) in [4.78, 5) is 0.238. The van der Waals surface area contributed by atoms with E-state index in [1.54, 1.807) is 13.0 Å². The van der Waals surface area contributed by atoms with E-state index >= 15 is 0 Å². The van der Waals surface area contributed by atoms with E-state index in [0.717, 1.165) is 11.1 Å². The highest BCUT2D eigenvalue weighted by molar-refractivity contribution is 7.89. The molecular formula is C15H26N2O3S. The Kier molecular flexibility index (Phi) is 6.19. The Labute approximate surface area is 127 Å². The first-order valence-electron chi connectivity index (χ1n) is 7.15. The molecule has 0 radical (unpaired) electrons. The molecule has 0 saturated carbocycles. The fourth-order valence-corrected chi connectivity index (χ4v) is 3.72. The van der Waals surface area contributed by atoms with Crippen molar-refractivity contribution in [2.75, 3.05) is 18.9 Å². The summed E-state index contributed by atoms with van der Waals surface area (Å²) in [5.41, 5.74) is 7.81. The molecule has 0 aliphatic heterocycles. The van der Waals surface area contributed by atoms with E-state index in [1.165, 1.54) is 6.07 Å². The van der Waals surface area contributed by atoms with Crippen molar-refractivity contribution in [3.05, 3.63) is 23.3 Å². The summed E-state index contributed by atoms with van der Waals surface area (Å²) >= 11 is 0. The molecule has 0 bridgehead atoms. The molecule has 0 saturated heterocycles.